The minimum Gasteiger partial charge on any atom is -0.493 e. The maximum Gasteiger partial charge on any atom is 0.255 e. The molecule has 1 saturated heterocycles. The van der Waals surface area contributed by atoms with Crippen molar-refractivity contribution in [3.8, 4) is 5.75 Å². The lowest BCUT2D eigenvalue weighted by atomic mass is 10.0. The Morgan fingerprint density at radius 1 is 1.25 bits per heavy atom. The van der Waals surface area contributed by atoms with Gasteiger partial charge in [0.05, 0.1) is 18.2 Å². The Kier molecular flexibility index (Phi) is 5.32. The summed E-state index contributed by atoms with van der Waals surface area (Å²) in [6.45, 7) is 5.03. The molecule has 1 aromatic carbocycles. The average molecular weight is 386 g/mol. The number of hydrogen-bond acceptors (Lipinski definition) is 4. The first-order valence-corrected chi connectivity index (χ1v) is 10.5. The Morgan fingerprint density at radius 3 is 2.75 bits per heavy atom. The summed E-state index contributed by atoms with van der Waals surface area (Å²) in [4.78, 5) is 27.7. The fourth-order valence-corrected chi connectivity index (χ4v) is 4.85. The lowest BCUT2D eigenvalue weighted by Crippen LogP contribution is -2.52. The van der Waals surface area contributed by atoms with E-state index in [9.17, 15) is 14.7 Å². The van der Waals surface area contributed by atoms with E-state index in [0.717, 1.165) is 37.7 Å². The van der Waals surface area contributed by atoms with E-state index in [1.165, 1.54) is 0 Å². The highest BCUT2D eigenvalue weighted by atomic mass is 16.5. The molecule has 0 bridgehead atoms. The van der Waals surface area contributed by atoms with Crippen LogP contribution in [0.4, 0.5) is 0 Å². The first-order chi connectivity index (χ1) is 13.5. The number of carbonyl (C=O) groups is 2. The van der Waals surface area contributed by atoms with Crippen LogP contribution in [-0.2, 0) is 4.79 Å². The van der Waals surface area contributed by atoms with Gasteiger partial charge < -0.3 is 20.1 Å². The predicted molar refractivity (Wildman–Crippen MR) is 105 cm³/mol. The third-order valence-electron chi connectivity index (χ3n) is 6.45. The molecule has 2 aliphatic carbocycles. The van der Waals surface area contributed by atoms with Crippen LogP contribution in [0, 0.1) is 18.8 Å². The number of nitrogens with one attached hydrogen (secondary N) is 1. The molecule has 1 aromatic rings. The highest BCUT2D eigenvalue weighted by Crippen LogP contribution is 2.40. The van der Waals surface area contributed by atoms with Crippen LogP contribution in [0.5, 0.6) is 5.75 Å². The third kappa shape index (κ3) is 3.62. The van der Waals surface area contributed by atoms with E-state index in [2.05, 4.69) is 5.32 Å². The van der Waals surface area contributed by atoms with Gasteiger partial charge in [-0.3, -0.25) is 9.59 Å². The third-order valence-corrected chi connectivity index (χ3v) is 6.45. The molecule has 0 radical (unpaired) electrons. The molecule has 0 spiro atoms. The summed E-state index contributed by atoms with van der Waals surface area (Å²) in [7, 11) is 0. The quantitative estimate of drug-likeness (QED) is 0.786. The van der Waals surface area contributed by atoms with E-state index in [0.29, 0.717) is 30.4 Å². The van der Waals surface area contributed by atoms with E-state index in [-0.39, 0.29) is 29.8 Å². The number of likely N-dealkylation sites (tertiary alicyclic amines) is 1. The Labute approximate surface area is 166 Å². The first-order valence-electron chi connectivity index (χ1n) is 10.5. The van der Waals surface area contributed by atoms with Gasteiger partial charge in [0.25, 0.3) is 11.8 Å². The van der Waals surface area contributed by atoms with Crippen molar-refractivity contribution in [2.75, 3.05) is 13.2 Å². The molecule has 4 rings (SSSR count). The molecule has 2 N–H and O–H groups in total. The minimum atomic E-state index is -0.878. The van der Waals surface area contributed by atoms with Gasteiger partial charge in [0.15, 0.2) is 0 Å². The van der Waals surface area contributed by atoms with Crippen LogP contribution in [0.15, 0.2) is 18.2 Å². The molecule has 152 valence electrons. The van der Waals surface area contributed by atoms with E-state index in [1.807, 2.05) is 36.9 Å². The maximum absolute atomic E-state index is 13.0. The Morgan fingerprint density at radius 2 is 2.04 bits per heavy atom. The van der Waals surface area contributed by atoms with Gasteiger partial charge in [-0.1, -0.05) is 11.6 Å². The fourth-order valence-electron chi connectivity index (χ4n) is 4.85. The zero-order valence-corrected chi connectivity index (χ0v) is 16.7. The predicted octanol–water partition coefficient (Wildman–Crippen LogP) is 2.27. The molecule has 0 aromatic heterocycles. The SMILES string of the molecule is CCOc1ccc(C)cc1C(=O)N[C@@H]1CC[C@H]2CCN(C(=O)C(O)C3CC3)[C@H]21. The molecule has 1 unspecified atom stereocenters. The van der Waals surface area contributed by atoms with Crippen molar-refractivity contribution in [2.24, 2.45) is 11.8 Å². The number of rotatable bonds is 6. The fraction of sp³-hybridized carbons (Fsp3) is 0.636. The molecule has 6 nitrogen and oxygen atoms in total. The van der Waals surface area contributed by atoms with Crippen molar-refractivity contribution in [3.63, 3.8) is 0 Å². The summed E-state index contributed by atoms with van der Waals surface area (Å²) in [5, 5.41) is 13.5. The highest BCUT2D eigenvalue weighted by molar-refractivity contribution is 5.97. The molecule has 2 amide bonds. The van der Waals surface area contributed by atoms with Gasteiger partial charge >= 0.3 is 0 Å². The Bertz CT molecular complexity index is 761. The molecule has 2 saturated carbocycles. The molecular weight excluding hydrogens is 356 g/mol. The molecule has 28 heavy (non-hydrogen) atoms. The van der Waals surface area contributed by atoms with E-state index in [4.69, 9.17) is 4.74 Å². The van der Waals surface area contributed by atoms with Crippen LogP contribution in [0.25, 0.3) is 0 Å². The first kappa shape index (κ1) is 19.2. The van der Waals surface area contributed by atoms with Crippen molar-refractivity contribution in [1.29, 1.82) is 0 Å². The summed E-state index contributed by atoms with van der Waals surface area (Å²) in [6.07, 6.45) is 3.81. The van der Waals surface area contributed by atoms with Gasteiger partial charge in [0.1, 0.15) is 11.9 Å². The van der Waals surface area contributed by atoms with Gasteiger partial charge in [0, 0.05) is 12.6 Å². The molecule has 1 heterocycles. The second-order valence-electron chi connectivity index (χ2n) is 8.44. The number of aliphatic hydroxyl groups is 1. The number of amides is 2. The number of aryl methyl sites for hydroxylation is 1. The second-order valence-corrected chi connectivity index (χ2v) is 8.44. The van der Waals surface area contributed by atoms with E-state index >= 15 is 0 Å². The summed E-state index contributed by atoms with van der Waals surface area (Å²) in [5.74, 6) is 0.816. The lowest BCUT2D eigenvalue weighted by Gasteiger charge is -2.31. The summed E-state index contributed by atoms with van der Waals surface area (Å²) < 4.78 is 5.63. The lowest BCUT2D eigenvalue weighted by molar-refractivity contribution is -0.142. The van der Waals surface area contributed by atoms with Crippen molar-refractivity contribution < 1.29 is 19.4 Å². The van der Waals surface area contributed by atoms with Gasteiger partial charge in [-0.15, -0.1) is 0 Å². The van der Waals surface area contributed by atoms with Crippen molar-refractivity contribution in [3.05, 3.63) is 29.3 Å². The van der Waals surface area contributed by atoms with Gasteiger partial charge in [-0.25, -0.2) is 0 Å². The highest BCUT2D eigenvalue weighted by Gasteiger charge is 2.49. The topological polar surface area (TPSA) is 78.9 Å². The second kappa shape index (κ2) is 7.74. The molecule has 3 aliphatic rings. The van der Waals surface area contributed by atoms with Crippen LogP contribution in [0.1, 0.15) is 54.9 Å². The standard InChI is InChI=1S/C22H30N2O4/c1-3-28-18-9-4-13(2)12-16(18)21(26)23-17-8-7-14-10-11-24(19(14)17)22(27)20(25)15-5-6-15/h4,9,12,14-15,17,19-20,25H,3,5-8,10-11H2,1-2H3,(H,23,26)/t14-,17+,19+,20?/m0/s1. The number of hydrogen-bond donors (Lipinski definition) is 2. The monoisotopic (exact) mass is 386 g/mol. The summed E-state index contributed by atoms with van der Waals surface area (Å²) in [6, 6.07) is 5.53. The van der Waals surface area contributed by atoms with Crippen molar-refractivity contribution in [2.45, 2.75) is 64.1 Å². The number of nitrogens with zero attached hydrogens (tertiary/aromatic N) is 1. The smallest absolute Gasteiger partial charge is 0.255 e. The van der Waals surface area contributed by atoms with Crippen LogP contribution in [0.2, 0.25) is 0 Å². The molecule has 4 atom stereocenters. The van der Waals surface area contributed by atoms with Gasteiger partial charge in [-0.2, -0.15) is 0 Å². The zero-order chi connectivity index (χ0) is 19.8. The Balaban J connectivity index is 1.49. The number of aliphatic hydroxyl groups excluding tert-OH is 1. The van der Waals surface area contributed by atoms with E-state index in [1.54, 1.807) is 0 Å². The zero-order valence-electron chi connectivity index (χ0n) is 16.7. The normalized spacial score (nSPS) is 27.4. The average Bonchev–Trinajstić information content (AvgIpc) is 3.33. The van der Waals surface area contributed by atoms with Crippen LogP contribution in [0.3, 0.4) is 0 Å². The molecule has 3 fully saturated rings. The number of ether oxygens (including phenoxy) is 1. The molecule has 6 heteroatoms. The van der Waals surface area contributed by atoms with Crippen LogP contribution in [-0.4, -0.2) is 53.2 Å². The summed E-state index contributed by atoms with van der Waals surface area (Å²) in [5.41, 5.74) is 1.54. The molecular formula is C22H30N2O4. The maximum atomic E-state index is 13.0. The molecule has 1 aliphatic heterocycles. The van der Waals surface area contributed by atoms with Gasteiger partial charge in [0.2, 0.25) is 0 Å². The Hall–Kier alpha value is -2.08. The minimum absolute atomic E-state index is 0.00907. The van der Waals surface area contributed by atoms with Crippen molar-refractivity contribution >= 4 is 11.8 Å². The van der Waals surface area contributed by atoms with Gasteiger partial charge in [-0.05, 0) is 69.9 Å². The van der Waals surface area contributed by atoms with Crippen molar-refractivity contribution in [1.82, 2.24) is 10.2 Å². The van der Waals surface area contributed by atoms with E-state index < -0.39 is 6.10 Å². The number of benzene rings is 1. The summed E-state index contributed by atoms with van der Waals surface area (Å²) >= 11 is 0. The number of fused-ring (bicyclic) bond motifs is 1. The largest absolute Gasteiger partial charge is 0.493 e. The number of carbonyl (C=O) groups excluding carboxylic acids is 2. The van der Waals surface area contributed by atoms with Crippen LogP contribution < -0.4 is 10.1 Å². The van der Waals surface area contributed by atoms with Crippen LogP contribution >= 0.6 is 0 Å².